The van der Waals surface area contributed by atoms with Crippen LogP contribution in [0.25, 0.3) is 0 Å². The summed E-state index contributed by atoms with van der Waals surface area (Å²) in [5.74, 6) is 0.329. The molecule has 1 unspecified atom stereocenters. The lowest BCUT2D eigenvalue weighted by Gasteiger charge is -2.17. The van der Waals surface area contributed by atoms with Crippen LogP contribution < -0.4 is 10.2 Å². The number of nitrogens with zero attached hydrogens (tertiary/aromatic N) is 1. The molecule has 1 aliphatic rings. The molecule has 1 saturated heterocycles. The lowest BCUT2D eigenvalue weighted by molar-refractivity contribution is -0.117. The maximum absolute atomic E-state index is 11.9. The van der Waals surface area contributed by atoms with Gasteiger partial charge in [0.05, 0.1) is 0 Å². The summed E-state index contributed by atoms with van der Waals surface area (Å²) in [6, 6.07) is 7.16. The third-order valence-corrected chi connectivity index (χ3v) is 3.99. The van der Waals surface area contributed by atoms with E-state index in [9.17, 15) is 9.59 Å². The summed E-state index contributed by atoms with van der Waals surface area (Å²) in [6.45, 7) is 0.710. The summed E-state index contributed by atoms with van der Waals surface area (Å²) in [5.41, 5.74) is 1.37. The summed E-state index contributed by atoms with van der Waals surface area (Å²) in [4.78, 5) is 25.2. The van der Waals surface area contributed by atoms with Crippen LogP contribution in [-0.2, 0) is 4.79 Å². The zero-order valence-electron chi connectivity index (χ0n) is 10.1. The standard InChI is InChI=1S/C13H15BrN2O2/c1-15-13(18)10-3-2-4-11(6-10)16-8-9(7-14)5-12(16)17/h2-4,6,9H,5,7-8H2,1H3,(H,15,18). The Morgan fingerprint density at radius 1 is 1.56 bits per heavy atom. The van der Waals surface area contributed by atoms with Gasteiger partial charge in [-0.05, 0) is 24.1 Å². The van der Waals surface area contributed by atoms with Gasteiger partial charge in [0.2, 0.25) is 5.91 Å². The number of anilines is 1. The normalized spacial score (nSPS) is 19.1. The van der Waals surface area contributed by atoms with E-state index in [1.165, 1.54) is 0 Å². The van der Waals surface area contributed by atoms with Crippen LogP contribution in [0.5, 0.6) is 0 Å². The van der Waals surface area contributed by atoms with Crippen LogP contribution in [0.15, 0.2) is 24.3 Å². The van der Waals surface area contributed by atoms with Crippen molar-refractivity contribution in [3.05, 3.63) is 29.8 Å². The van der Waals surface area contributed by atoms with Crippen LogP contribution >= 0.6 is 15.9 Å². The SMILES string of the molecule is CNC(=O)c1cccc(N2CC(CBr)CC2=O)c1. The van der Waals surface area contributed by atoms with Crippen molar-refractivity contribution in [2.24, 2.45) is 5.92 Å². The van der Waals surface area contributed by atoms with Gasteiger partial charge in [0.15, 0.2) is 0 Å². The van der Waals surface area contributed by atoms with Gasteiger partial charge in [-0.1, -0.05) is 22.0 Å². The molecule has 4 nitrogen and oxygen atoms in total. The van der Waals surface area contributed by atoms with Crippen molar-refractivity contribution in [2.75, 3.05) is 23.8 Å². The second kappa shape index (κ2) is 5.52. The molecule has 0 aromatic heterocycles. The van der Waals surface area contributed by atoms with Crippen molar-refractivity contribution in [2.45, 2.75) is 6.42 Å². The highest BCUT2D eigenvalue weighted by Crippen LogP contribution is 2.26. The topological polar surface area (TPSA) is 49.4 Å². The van der Waals surface area contributed by atoms with Crippen molar-refractivity contribution in [3.8, 4) is 0 Å². The maximum Gasteiger partial charge on any atom is 0.251 e. The van der Waals surface area contributed by atoms with E-state index in [0.717, 1.165) is 11.0 Å². The highest BCUT2D eigenvalue weighted by molar-refractivity contribution is 9.09. The van der Waals surface area contributed by atoms with Gasteiger partial charge >= 0.3 is 0 Å². The number of rotatable bonds is 3. The lowest BCUT2D eigenvalue weighted by atomic mass is 10.1. The fourth-order valence-electron chi connectivity index (χ4n) is 2.09. The Morgan fingerprint density at radius 2 is 2.33 bits per heavy atom. The Hall–Kier alpha value is -1.36. The number of halogens is 1. The van der Waals surface area contributed by atoms with Crippen LogP contribution in [0.4, 0.5) is 5.69 Å². The minimum atomic E-state index is -0.138. The second-order valence-corrected chi connectivity index (χ2v) is 5.01. The summed E-state index contributed by atoms with van der Waals surface area (Å²) in [7, 11) is 1.59. The average molecular weight is 311 g/mol. The third-order valence-electron chi connectivity index (χ3n) is 3.07. The molecular weight excluding hydrogens is 296 g/mol. The molecule has 96 valence electrons. The summed E-state index contributed by atoms with van der Waals surface area (Å²) in [5, 5.41) is 3.40. The number of carbonyl (C=O) groups excluding carboxylic acids is 2. The molecule has 0 aliphatic carbocycles. The highest BCUT2D eigenvalue weighted by atomic mass is 79.9. The van der Waals surface area contributed by atoms with Crippen LogP contribution in [0, 0.1) is 5.92 Å². The van der Waals surface area contributed by atoms with Crippen LogP contribution in [0.1, 0.15) is 16.8 Å². The number of hydrogen-bond donors (Lipinski definition) is 1. The predicted molar refractivity (Wildman–Crippen MR) is 74.1 cm³/mol. The molecule has 18 heavy (non-hydrogen) atoms. The Morgan fingerprint density at radius 3 is 2.94 bits per heavy atom. The van der Waals surface area contributed by atoms with Gasteiger partial charge in [0.1, 0.15) is 0 Å². The fourth-order valence-corrected chi connectivity index (χ4v) is 2.53. The summed E-state index contributed by atoms with van der Waals surface area (Å²) < 4.78 is 0. The van der Waals surface area contributed by atoms with Gasteiger partial charge in [-0.15, -0.1) is 0 Å². The van der Waals surface area contributed by atoms with E-state index >= 15 is 0 Å². The smallest absolute Gasteiger partial charge is 0.251 e. The predicted octanol–water partition coefficient (Wildman–Crippen LogP) is 1.79. The Bertz CT molecular complexity index is 476. The molecule has 1 N–H and O–H groups in total. The monoisotopic (exact) mass is 310 g/mol. The van der Waals surface area contributed by atoms with E-state index in [-0.39, 0.29) is 11.8 Å². The molecule has 1 fully saturated rings. The third kappa shape index (κ3) is 2.56. The Labute approximate surface area is 114 Å². The van der Waals surface area contributed by atoms with Gasteiger partial charge in [0.25, 0.3) is 5.91 Å². The first-order valence-electron chi connectivity index (χ1n) is 5.84. The summed E-state index contributed by atoms with van der Waals surface area (Å²) in [6.07, 6.45) is 0.565. The fraction of sp³-hybridized carbons (Fsp3) is 0.385. The first-order chi connectivity index (χ1) is 8.65. The van der Waals surface area contributed by atoms with Gasteiger partial charge in [0, 0.05) is 36.6 Å². The van der Waals surface area contributed by atoms with Gasteiger partial charge in [-0.3, -0.25) is 9.59 Å². The lowest BCUT2D eigenvalue weighted by Crippen LogP contribution is -2.25. The molecule has 0 bridgehead atoms. The van der Waals surface area contributed by atoms with Crippen LogP contribution in [0.3, 0.4) is 0 Å². The van der Waals surface area contributed by atoms with Crippen molar-refractivity contribution in [3.63, 3.8) is 0 Å². The highest BCUT2D eigenvalue weighted by Gasteiger charge is 2.29. The molecule has 0 spiro atoms. The number of carbonyl (C=O) groups is 2. The second-order valence-electron chi connectivity index (χ2n) is 4.36. The molecule has 0 radical (unpaired) electrons. The van der Waals surface area contributed by atoms with E-state index in [4.69, 9.17) is 0 Å². The summed E-state index contributed by atoms with van der Waals surface area (Å²) >= 11 is 3.41. The molecule has 1 heterocycles. The molecule has 2 rings (SSSR count). The molecular formula is C13H15BrN2O2. The molecule has 1 atom stereocenters. The molecule has 1 aliphatic heterocycles. The Kier molecular flexibility index (Phi) is 4.01. The molecule has 1 aromatic carbocycles. The number of amides is 2. The van der Waals surface area contributed by atoms with Crippen molar-refractivity contribution in [1.82, 2.24) is 5.32 Å². The van der Waals surface area contributed by atoms with Gasteiger partial charge < -0.3 is 10.2 Å². The zero-order chi connectivity index (χ0) is 13.1. The van der Waals surface area contributed by atoms with Crippen molar-refractivity contribution >= 4 is 33.4 Å². The molecule has 5 heteroatoms. The average Bonchev–Trinajstić information content (AvgIpc) is 2.79. The van der Waals surface area contributed by atoms with Crippen molar-refractivity contribution in [1.29, 1.82) is 0 Å². The van der Waals surface area contributed by atoms with E-state index in [2.05, 4.69) is 21.2 Å². The van der Waals surface area contributed by atoms with Crippen LogP contribution in [0.2, 0.25) is 0 Å². The minimum absolute atomic E-state index is 0.119. The first-order valence-corrected chi connectivity index (χ1v) is 6.96. The minimum Gasteiger partial charge on any atom is -0.355 e. The van der Waals surface area contributed by atoms with E-state index in [0.29, 0.717) is 24.4 Å². The number of alkyl halides is 1. The quantitative estimate of drug-likeness (QED) is 0.865. The Balaban J connectivity index is 2.24. The van der Waals surface area contributed by atoms with Crippen LogP contribution in [-0.4, -0.2) is 30.7 Å². The van der Waals surface area contributed by atoms with Crippen molar-refractivity contribution < 1.29 is 9.59 Å². The first kappa shape index (κ1) is 13.1. The number of hydrogen-bond acceptors (Lipinski definition) is 2. The molecule has 1 aromatic rings. The van der Waals surface area contributed by atoms with Gasteiger partial charge in [-0.25, -0.2) is 0 Å². The largest absolute Gasteiger partial charge is 0.355 e. The molecule has 2 amide bonds. The van der Waals surface area contributed by atoms with E-state index in [1.807, 2.05) is 6.07 Å². The number of nitrogens with one attached hydrogen (secondary N) is 1. The molecule has 0 saturated carbocycles. The zero-order valence-corrected chi connectivity index (χ0v) is 11.7. The number of benzene rings is 1. The van der Waals surface area contributed by atoms with Gasteiger partial charge in [-0.2, -0.15) is 0 Å². The van der Waals surface area contributed by atoms with E-state index in [1.54, 1.807) is 30.1 Å². The maximum atomic E-state index is 11.9. The van der Waals surface area contributed by atoms with E-state index < -0.39 is 0 Å².